The third-order valence-corrected chi connectivity index (χ3v) is 3.25. The molecule has 18 heavy (non-hydrogen) atoms. The van der Waals surface area contributed by atoms with Crippen molar-refractivity contribution in [3.63, 3.8) is 0 Å². The molecule has 1 aliphatic heterocycles. The SMILES string of the molecule is COC(=O)N1CCCC(=O)[C@@H]1Cc1ccccc1. The Bertz CT molecular complexity index is 430. The highest BCUT2D eigenvalue weighted by Crippen LogP contribution is 2.18. The van der Waals surface area contributed by atoms with Crippen LogP contribution in [0.4, 0.5) is 4.79 Å². The molecule has 0 bridgehead atoms. The molecule has 0 unspecified atom stereocenters. The zero-order valence-corrected chi connectivity index (χ0v) is 10.5. The number of methoxy groups -OCH3 is 1. The van der Waals surface area contributed by atoms with E-state index in [0.29, 0.717) is 19.4 Å². The van der Waals surface area contributed by atoms with E-state index in [-0.39, 0.29) is 11.8 Å². The fourth-order valence-electron chi connectivity index (χ4n) is 2.32. The lowest BCUT2D eigenvalue weighted by atomic mass is 9.95. The molecule has 0 saturated carbocycles. The summed E-state index contributed by atoms with van der Waals surface area (Å²) >= 11 is 0. The Morgan fingerprint density at radius 1 is 1.39 bits per heavy atom. The minimum atomic E-state index is -0.413. The van der Waals surface area contributed by atoms with Crippen LogP contribution in [0.1, 0.15) is 18.4 Å². The smallest absolute Gasteiger partial charge is 0.410 e. The maximum atomic E-state index is 12.0. The van der Waals surface area contributed by atoms with Crippen LogP contribution >= 0.6 is 0 Å². The predicted molar refractivity (Wildman–Crippen MR) is 67.3 cm³/mol. The number of piperidine rings is 1. The largest absolute Gasteiger partial charge is 0.453 e. The molecular formula is C14H17NO3. The van der Waals surface area contributed by atoms with Gasteiger partial charge in [0.1, 0.15) is 0 Å². The van der Waals surface area contributed by atoms with Gasteiger partial charge in [-0.25, -0.2) is 4.79 Å². The molecule has 4 heteroatoms. The van der Waals surface area contributed by atoms with E-state index in [1.54, 1.807) is 4.90 Å². The molecule has 2 rings (SSSR count). The van der Waals surface area contributed by atoms with Crippen LogP contribution in [0.25, 0.3) is 0 Å². The average molecular weight is 247 g/mol. The summed E-state index contributed by atoms with van der Waals surface area (Å²) in [5, 5.41) is 0. The number of nitrogens with zero attached hydrogens (tertiary/aromatic N) is 1. The van der Waals surface area contributed by atoms with Crippen molar-refractivity contribution in [1.29, 1.82) is 0 Å². The maximum Gasteiger partial charge on any atom is 0.410 e. The number of benzene rings is 1. The zero-order valence-electron chi connectivity index (χ0n) is 10.5. The summed E-state index contributed by atoms with van der Waals surface area (Å²) in [5.41, 5.74) is 1.06. The van der Waals surface area contributed by atoms with Crippen molar-refractivity contribution in [3.8, 4) is 0 Å². The van der Waals surface area contributed by atoms with Gasteiger partial charge < -0.3 is 4.74 Å². The molecule has 1 aliphatic rings. The van der Waals surface area contributed by atoms with Crippen LogP contribution in [0.3, 0.4) is 0 Å². The summed E-state index contributed by atoms with van der Waals surface area (Å²) in [4.78, 5) is 25.2. The standard InChI is InChI=1S/C14H17NO3/c1-18-14(17)15-9-5-8-13(16)12(15)10-11-6-3-2-4-7-11/h2-4,6-7,12H,5,8-10H2,1H3/t12-/m0/s1. The Kier molecular flexibility index (Phi) is 3.97. The van der Waals surface area contributed by atoms with Crippen LogP contribution < -0.4 is 0 Å². The normalized spacial score (nSPS) is 19.7. The third-order valence-electron chi connectivity index (χ3n) is 3.25. The highest BCUT2D eigenvalue weighted by molar-refractivity contribution is 5.88. The molecule has 0 N–H and O–H groups in total. The highest BCUT2D eigenvalue weighted by Gasteiger charge is 2.33. The Hall–Kier alpha value is -1.84. The van der Waals surface area contributed by atoms with Crippen LogP contribution in [-0.2, 0) is 16.0 Å². The number of carbonyl (C=O) groups excluding carboxylic acids is 2. The van der Waals surface area contributed by atoms with Gasteiger partial charge in [-0.2, -0.15) is 0 Å². The quantitative estimate of drug-likeness (QED) is 0.803. The average Bonchev–Trinajstić information content (AvgIpc) is 2.41. The third kappa shape index (κ3) is 2.70. The van der Waals surface area contributed by atoms with E-state index < -0.39 is 6.09 Å². The lowest BCUT2D eigenvalue weighted by Gasteiger charge is -2.33. The molecule has 1 atom stereocenters. The van der Waals surface area contributed by atoms with Crippen molar-refractivity contribution in [3.05, 3.63) is 35.9 Å². The zero-order chi connectivity index (χ0) is 13.0. The fourth-order valence-corrected chi connectivity index (χ4v) is 2.32. The molecule has 1 saturated heterocycles. The van der Waals surface area contributed by atoms with E-state index in [9.17, 15) is 9.59 Å². The summed E-state index contributed by atoms with van der Waals surface area (Å²) in [6.07, 6.45) is 1.42. The molecule has 0 aromatic heterocycles. The maximum absolute atomic E-state index is 12.0. The molecule has 1 aromatic carbocycles. The van der Waals surface area contributed by atoms with Gasteiger partial charge in [0.15, 0.2) is 5.78 Å². The van der Waals surface area contributed by atoms with Gasteiger partial charge in [-0.1, -0.05) is 30.3 Å². The molecule has 0 aliphatic carbocycles. The Morgan fingerprint density at radius 2 is 2.11 bits per heavy atom. The molecule has 1 heterocycles. The van der Waals surface area contributed by atoms with Gasteiger partial charge in [0.25, 0.3) is 0 Å². The molecule has 4 nitrogen and oxygen atoms in total. The van der Waals surface area contributed by atoms with E-state index in [1.165, 1.54) is 7.11 Å². The first-order valence-corrected chi connectivity index (χ1v) is 6.13. The van der Waals surface area contributed by atoms with Crippen molar-refractivity contribution in [2.75, 3.05) is 13.7 Å². The second kappa shape index (κ2) is 5.67. The van der Waals surface area contributed by atoms with Crippen molar-refractivity contribution in [1.82, 2.24) is 4.90 Å². The number of ether oxygens (including phenoxy) is 1. The van der Waals surface area contributed by atoms with Crippen LogP contribution in [0, 0.1) is 0 Å². The predicted octanol–water partition coefficient (Wildman–Crippen LogP) is 2.03. The lowest BCUT2D eigenvalue weighted by Crippen LogP contribution is -2.50. The first-order valence-electron chi connectivity index (χ1n) is 6.13. The topological polar surface area (TPSA) is 46.6 Å². The number of hydrogen-bond acceptors (Lipinski definition) is 3. The minimum Gasteiger partial charge on any atom is -0.453 e. The number of rotatable bonds is 2. The van der Waals surface area contributed by atoms with E-state index >= 15 is 0 Å². The van der Waals surface area contributed by atoms with Gasteiger partial charge in [0, 0.05) is 19.4 Å². The van der Waals surface area contributed by atoms with Gasteiger partial charge in [-0.05, 0) is 12.0 Å². The van der Waals surface area contributed by atoms with Crippen LogP contribution in [0.15, 0.2) is 30.3 Å². The van der Waals surface area contributed by atoms with Crippen molar-refractivity contribution in [2.24, 2.45) is 0 Å². The van der Waals surface area contributed by atoms with Crippen molar-refractivity contribution >= 4 is 11.9 Å². The number of ketones is 1. The second-order valence-corrected chi connectivity index (χ2v) is 4.44. The van der Waals surface area contributed by atoms with E-state index in [1.807, 2.05) is 30.3 Å². The number of Topliss-reactive ketones (excluding diaryl/α,β-unsaturated/α-hetero) is 1. The van der Waals surface area contributed by atoms with Crippen LogP contribution in [0.2, 0.25) is 0 Å². The Balaban J connectivity index is 2.15. The van der Waals surface area contributed by atoms with Crippen LogP contribution in [0.5, 0.6) is 0 Å². The minimum absolute atomic E-state index is 0.121. The van der Waals surface area contributed by atoms with E-state index in [2.05, 4.69) is 0 Å². The summed E-state index contributed by atoms with van der Waals surface area (Å²) in [5.74, 6) is 0.121. The molecule has 96 valence electrons. The monoisotopic (exact) mass is 247 g/mol. The number of likely N-dealkylation sites (tertiary alicyclic amines) is 1. The molecule has 0 radical (unpaired) electrons. The summed E-state index contributed by atoms with van der Waals surface area (Å²) in [6.45, 7) is 0.593. The Morgan fingerprint density at radius 3 is 2.78 bits per heavy atom. The number of amides is 1. The van der Waals surface area contributed by atoms with Gasteiger partial charge in [0.2, 0.25) is 0 Å². The van der Waals surface area contributed by atoms with Gasteiger partial charge in [-0.15, -0.1) is 0 Å². The highest BCUT2D eigenvalue weighted by atomic mass is 16.5. The van der Waals surface area contributed by atoms with Gasteiger partial charge in [-0.3, -0.25) is 9.69 Å². The number of hydrogen-bond donors (Lipinski definition) is 0. The molecule has 1 fully saturated rings. The Labute approximate surface area is 107 Å². The second-order valence-electron chi connectivity index (χ2n) is 4.44. The molecule has 1 amide bonds. The lowest BCUT2D eigenvalue weighted by molar-refractivity contribution is -0.126. The van der Waals surface area contributed by atoms with Crippen LogP contribution in [-0.4, -0.2) is 36.5 Å². The summed E-state index contributed by atoms with van der Waals surface area (Å²) in [7, 11) is 1.35. The fraction of sp³-hybridized carbons (Fsp3) is 0.429. The first-order chi connectivity index (χ1) is 8.72. The van der Waals surface area contributed by atoms with Crippen molar-refractivity contribution in [2.45, 2.75) is 25.3 Å². The molecular weight excluding hydrogens is 230 g/mol. The summed E-state index contributed by atoms with van der Waals surface area (Å²) in [6, 6.07) is 9.36. The first kappa shape index (κ1) is 12.6. The van der Waals surface area contributed by atoms with E-state index in [0.717, 1.165) is 12.0 Å². The number of carbonyl (C=O) groups is 2. The van der Waals surface area contributed by atoms with E-state index in [4.69, 9.17) is 4.74 Å². The molecule has 0 spiro atoms. The van der Waals surface area contributed by atoms with Gasteiger partial charge in [0.05, 0.1) is 13.2 Å². The summed E-state index contributed by atoms with van der Waals surface area (Å²) < 4.78 is 4.74. The van der Waals surface area contributed by atoms with Crippen molar-refractivity contribution < 1.29 is 14.3 Å². The van der Waals surface area contributed by atoms with Gasteiger partial charge >= 0.3 is 6.09 Å². The molecule has 1 aromatic rings.